The summed E-state index contributed by atoms with van der Waals surface area (Å²) < 4.78 is 22.6. The van der Waals surface area contributed by atoms with Crippen molar-refractivity contribution in [3.8, 4) is 0 Å². The van der Waals surface area contributed by atoms with Crippen LogP contribution in [-0.4, -0.2) is 38.5 Å². The lowest BCUT2D eigenvalue weighted by Gasteiger charge is -2.24. The Morgan fingerprint density at radius 2 is 1.74 bits per heavy atom. The Morgan fingerprint density at radius 3 is 2.37 bits per heavy atom. The maximum atomic E-state index is 11.3. The van der Waals surface area contributed by atoms with E-state index in [0.717, 1.165) is 12.8 Å². The standard InChI is InChI=1S/C13H25N3O2S/c14-13(16-12-4-2-1-3-5-12)15-10-11-6-8-19(17,18)9-7-11/h11-12H,1-10H2,(H3,14,15,16). The summed E-state index contributed by atoms with van der Waals surface area (Å²) in [6.45, 7) is 0.654. The molecule has 3 N–H and O–H groups in total. The fourth-order valence-electron chi connectivity index (χ4n) is 2.85. The first kappa shape index (κ1) is 14.6. The Balaban J connectivity index is 1.72. The molecular formula is C13H25N3O2S. The van der Waals surface area contributed by atoms with Crippen molar-refractivity contribution in [2.75, 3.05) is 18.1 Å². The molecule has 1 saturated carbocycles. The minimum absolute atomic E-state index is 0.309. The van der Waals surface area contributed by atoms with Crippen molar-refractivity contribution in [1.82, 2.24) is 5.32 Å². The van der Waals surface area contributed by atoms with Gasteiger partial charge in [-0.2, -0.15) is 0 Å². The molecule has 0 bridgehead atoms. The van der Waals surface area contributed by atoms with E-state index in [1.807, 2.05) is 0 Å². The van der Waals surface area contributed by atoms with Crippen LogP contribution < -0.4 is 11.1 Å². The van der Waals surface area contributed by atoms with Crippen LogP contribution >= 0.6 is 0 Å². The smallest absolute Gasteiger partial charge is 0.188 e. The molecule has 1 saturated heterocycles. The number of guanidine groups is 1. The van der Waals surface area contributed by atoms with Gasteiger partial charge in [-0.05, 0) is 31.6 Å². The van der Waals surface area contributed by atoms with Gasteiger partial charge in [0.2, 0.25) is 0 Å². The number of nitrogens with zero attached hydrogens (tertiary/aromatic N) is 1. The highest BCUT2D eigenvalue weighted by Crippen LogP contribution is 2.19. The van der Waals surface area contributed by atoms with Crippen LogP contribution in [0.3, 0.4) is 0 Å². The number of sulfone groups is 1. The van der Waals surface area contributed by atoms with Gasteiger partial charge >= 0.3 is 0 Å². The average Bonchev–Trinajstić information content (AvgIpc) is 2.39. The third-order valence-corrected chi connectivity index (χ3v) is 5.87. The minimum Gasteiger partial charge on any atom is -0.370 e. The van der Waals surface area contributed by atoms with Crippen molar-refractivity contribution >= 4 is 15.8 Å². The molecule has 0 atom stereocenters. The first-order valence-corrected chi connectivity index (χ1v) is 9.14. The SMILES string of the molecule is NC(=NCC1CCS(=O)(=O)CC1)NC1CCCCC1. The number of aliphatic imine (C=N–C) groups is 1. The van der Waals surface area contributed by atoms with Gasteiger partial charge in [-0.3, -0.25) is 4.99 Å². The van der Waals surface area contributed by atoms with Gasteiger partial charge in [0.1, 0.15) is 9.84 Å². The Morgan fingerprint density at radius 1 is 1.11 bits per heavy atom. The maximum absolute atomic E-state index is 11.3. The number of hydrogen-bond donors (Lipinski definition) is 2. The van der Waals surface area contributed by atoms with Crippen molar-refractivity contribution in [2.24, 2.45) is 16.6 Å². The zero-order valence-electron chi connectivity index (χ0n) is 11.5. The summed E-state index contributed by atoms with van der Waals surface area (Å²) in [5.41, 5.74) is 5.90. The first-order valence-electron chi connectivity index (χ1n) is 7.32. The first-order chi connectivity index (χ1) is 9.05. The van der Waals surface area contributed by atoms with E-state index in [1.165, 1.54) is 32.1 Å². The average molecular weight is 287 g/mol. The fourth-order valence-corrected chi connectivity index (χ4v) is 4.44. The molecule has 0 aromatic carbocycles. The Bertz CT molecular complexity index is 400. The van der Waals surface area contributed by atoms with Crippen molar-refractivity contribution in [3.63, 3.8) is 0 Å². The molecule has 19 heavy (non-hydrogen) atoms. The number of hydrogen-bond acceptors (Lipinski definition) is 3. The van der Waals surface area contributed by atoms with Gasteiger partial charge < -0.3 is 11.1 Å². The molecule has 1 aliphatic heterocycles. The summed E-state index contributed by atoms with van der Waals surface area (Å²) in [5.74, 6) is 1.52. The van der Waals surface area contributed by atoms with Gasteiger partial charge in [-0.1, -0.05) is 19.3 Å². The van der Waals surface area contributed by atoms with Crippen molar-refractivity contribution < 1.29 is 8.42 Å². The quantitative estimate of drug-likeness (QED) is 0.600. The molecule has 0 aromatic rings. The second-order valence-electron chi connectivity index (χ2n) is 5.80. The van der Waals surface area contributed by atoms with E-state index in [0.29, 0.717) is 36.0 Å². The van der Waals surface area contributed by atoms with Gasteiger partial charge in [-0.25, -0.2) is 8.42 Å². The minimum atomic E-state index is -2.77. The van der Waals surface area contributed by atoms with Crippen LogP contribution in [0.15, 0.2) is 4.99 Å². The van der Waals surface area contributed by atoms with E-state index in [2.05, 4.69) is 10.3 Å². The largest absolute Gasteiger partial charge is 0.370 e. The van der Waals surface area contributed by atoms with Crippen LogP contribution in [0.5, 0.6) is 0 Å². The molecule has 0 aromatic heterocycles. The lowest BCUT2D eigenvalue weighted by molar-refractivity contribution is 0.411. The molecule has 2 aliphatic rings. The van der Waals surface area contributed by atoms with Crippen LogP contribution in [0.4, 0.5) is 0 Å². The molecule has 0 radical (unpaired) electrons. The fraction of sp³-hybridized carbons (Fsp3) is 0.923. The van der Waals surface area contributed by atoms with Gasteiger partial charge in [0.15, 0.2) is 5.96 Å². The maximum Gasteiger partial charge on any atom is 0.188 e. The topological polar surface area (TPSA) is 84.5 Å². The van der Waals surface area contributed by atoms with E-state index in [1.54, 1.807) is 0 Å². The molecule has 1 aliphatic carbocycles. The summed E-state index contributed by atoms with van der Waals surface area (Å²) in [7, 11) is -2.77. The molecule has 6 heteroatoms. The molecule has 0 unspecified atom stereocenters. The molecule has 2 fully saturated rings. The Kier molecular flexibility index (Phi) is 5.07. The zero-order chi connectivity index (χ0) is 13.7. The van der Waals surface area contributed by atoms with E-state index in [-0.39, 0.29) is 0 Å². The predicted octanol–water partition coefficient (Wildman–Crippen LogP) is 1.05. The highest BCUT2D eigenvalue weighted by atomic mass is 32.2. The van der Waals surface area contributed by atoms with Crippen molar-refractivity contribution in [1.29, 1.82) is 0 Å². The lowest BCUT2D eigenvalue weighted by atomic mass is 9.96. The lowest BCUT2D eigenvalue weighted by Crippen LogP contribution is -2.41. The molecule has 0 spiro atoms. The van der Waals surface area contributed by atoms with Crippen molar-refractivity contribution in [3.05, 3.63) is 0 Å². The summed E-state index contributed by atoms with van der Waals surface area (Å²) in [5, 5.41) is 3.28. The van der Waals surface area contributed by atoms with E-state index in [4.69, 9.17) is 5.73 Å². The number of nitrogens with one attached hydrogen (secondary N) is 1. The number of rotatable bonds is 3. The summed E-state index contributed by atoms with van der Waals surface area (Å²) in [4.78, 5) is 4.38. The summed E-state index contributed by atoms with van der Waals surface area (Å²) in [6.07, 6.45) is 7.67. The van der Waals surface area contributed by atoms with Crippen LogP contribution in [0.1, 0.15) is 44.9 Å². The zero-order valence-corrected chi connectivity index (χ0v) is 12.3. The second-order valence-corrected chi connectivity index (χ2v) is 8.10. The summed E-state index contributed by atoms with van der Waals surface area (Å²) >= 11 is 0. The normalized spacial score (nSPS) is 26.2. The third-order valence-electron chi connectivity index (χ3n) is 4.15. The van der Waals surface area contributed by atoms with E-state index >= 15 is 0 Å². The highest BCUT2D eigenvalue weighted by molar-refractivity contribution is 7.91. The Labute approximate surface area is 116 Å². The monoisotopic (exact) mass is 287 g/mol. The van der Waals surface area contributed by atoms with E-state index < -0.39 is 9.84 Å². The van der Waals surface area contributed by atoms with Gasteiger partial charge in [0.25, 0.3) is 0 Å². The Hall–Kier alpha value is -0.780. The second kappa shape index (κ2) is 6.59. The van der Waals surface area contributed by atoms with Gasteiger partial charge in [0.05, 0.1) is 11.5 Å². The van der Waals surface area contributed by atoms with Gasteiger partial charge in [0, 0.05) is 12.6 Å². The van der Waals surface area contributed by atoms with Crippen molar-refractivity contribution in [2.45, 2.75) is 51.0 Å². The molecule has 0 amide bonds. The molecule has 1 heterocycles. The molecule has 2 rings (SSSR count). The summed E-state index contributed by atoms with van der Waals surface area (Å²) in [6, 6.07) is 0.476. The van der Waals surface area contributed by atoms with E-state index in [9.17, 15) is 8.42 Å². The molecule has 5 nitrogen and oxygen atoms in total. The van der Waals surface area contributed by atoms with Crippen LogP contribution in [0.2, 0.25) is 0 Å². The van der Waals surface area contributed by atoms with Crippen LogP contribution in [-0.2, 0) is 9.84 Å². The van der Waals surface area contributed by atoms with Crippen LogP contribution in [0.25, 0.3) is 0 Å². The molecule has 110 valence electrons. The molecular weight excluding hydrogens is 262 g/mol. The predicted molar refractivity (Wildman–Crippen MR) is 77.9 cm³/mol. The van der Waals surface area contributed by atoms with Gasteiger partial charge in [-0.15, -0.1) is 0 Å². The van der Waals surface area contributed by atoms with Crippen LogP contribution in [0, 0.1) is 5.92 Å². The highest BCUT2D eigenvalue weighted by Gasteiger charge is 2.23. The number of nitrogens with two attached hydrogens (primary N) is 1. The third kappa shape index (κ3) is 5.01.